The number of hydrogen-bond donors (Lipinski definition) is 2. The van der Waals surface area contributed by atoms with Gasteiger partial charge in [0.1, 0.15) is 5.82 Å². The van der Waals surface area contributed by atoms with Crippen LogP contribution in [0.4, 0.5) is 0 Å². The number of aryl methyl sites for hydroxylation is 1. The van der Waals surface area contributed by atoms with Crippen LogP contribution in [0.25, 0.3) is 11.0 Å². The molecule has 1 amide bonds. The number of aromatic amines is 1. The molecule has 2 saturated heterocycles. The number of fused-ring (bicyclic) bond motifs is 3. The van der Waals surface area contributed by atoms with Crippen LogP contribution in [0.15, 0.2) is 18.2 Å². The number of para-hydroxylation sites is 1. The summed E-state index contributed by atoms with van der Waals surface area (Å²) in [4.78, 5) is 23.2. The standard InChI is InChI=1S/C22H32N4O/c1-14-6-5-7-18-21(14)24-19(23-18)12-15-10-16-8-9-17(11-15)26(16)13-20(27)25-22(2,3)4/h5-7,15-17H,8-13H2,1-4H3,(H,23,24)(H,25,27)/t15-,16+,17-. The SMILES string of the molecule is Cc1cccc2[nH]c(C[C@H]3C[C@H]4CC[C@@H](C3)N4CC(=O)NC(C)(C)C)nc12. The summed E-state index contributed by atoms with van der Waals surface area (Å²) in [7, 11) is 0. The summed E-state index contributed by atoms with van der Waals surface area (Å²) in [6, 6.07) is 7.41. The minimum atomic E-state index is -0.159. The van der Waals surface area contributed by atoms with E-state index in [9.17, 15) is 4.79 Å². The summed E-state index contributed by atoms with van der Waals surface area (Å²) >= 11 is 0. The normalized spacial score (nSPS) is 25.9. The highest BCUT2D eigenvalue weighted by Gasteiger charge is 2.41. The van der Waals surface area contributed by atoms with Crippen molar-refractivity contribution in [2.45, 2.75) is 77.4 Å². The average molecular weight is 369 g/mol. The molecule has 2 aromatic rings. The molecule has 2 aliphatic rings. The van der Waals surface area contributed by atoms with Crippen molar-refractivity contribution < 1.29 is 4.79 Å². The zero-order valence-corrected chi connectivity index (χ0v) is 17.0. The first-order valence-corrected chi connectivity index (χ1v) is 10.3. The molecule has 5 nitrogen and oxygen atoms in total. The van der Waals surface area contributed by atoms with Gasteiger partial charge in [-0.05, 0) is 70.9 Å². The minimum Gasteiger partial charge on any atom is -0.350 e. The number of H-pyrrole nitrogens is 1. The predicted molar refractivity (Wildman–Crippen MR) is 109 cm³/mol. The number of aromatic nitrogens is 2. The van der Waals surface area contributed by atoms with Gasteiger partial charge in [-0.25, -0.2) is 4.98 Å². The highest BCUT2D eigenvalue weighted by atomic mass is 16.2. The number of amides is 1. The van der Waals surface area contributed by atoms with Crippen LogP contribution in [-0.4, -0.2) is 44.9 Å². The first-order chi connectivity index (χ1) is 12.8. The van der Waals surface area contributed by atoms with Gasteiger partial charge in [-0.1, -0.05) is 12.1 Å². The molecule has 146 valence electrons. The van der Waals surface area contributed by atoms with Crippen LogP contribution < -0.4 is 5.32 Å². The lowest BCUT2D eigenvalue weighted by atomic mass is 9.88. The Balaban J connectivity index is 1.39. The van der Waals surface area contributed by atoms with E-state index >= 15 is 0 Å². The summed E-state index contributed by atoms with van der Waals surface area (Å²) in [6.45, 7) is 8.79. The van der Waals surface area contributed by atoms with Crippen LogP contribution in [0.5, 0.6) is 0 Å². The summed E-state index contributed by atoms with van der Waals surface area (Å²) in [5, 5.41) is 3.11. The van der Waals surface area contributed by atoms with E-state index in [-0.39, 0.29) is 11.4 Å². The Morgan fingerprint density at radius 1 is 1.26 bits per heavy atom. The fraction of sp³-hybridized carbons (Fsp3) is 0.636. The summed E-state index contributed by atoms with van der Waals surface area (Å²) < 4.78 is 0. The van der Waals surface area contributed by atoms with Crippen LogP contribution in [-0.2, 0) is 11.2 Å². The van der Waals surface area contributed by atoms with Crippen LogP contribution in [0.2, 0.25) is 0 Å². The highest BCUT2D eigenvalue weighted by molar-refractivity contribution is 5.79. The maximum atomic E-state index is 12.4. The van der Waals surface area contributed by atoms with Crippen LogP contribution in [0.1, 0.15) is 57.8 Å². The molecule has 3 atom stereocenters. The lowest BCUT2D eigenvalue weighted by molar-refractivity contribution is -0.125. The van der Waals surface area contributed by atoms with Crippen molar-refractivity contribution in [1.82, 2.24) is 20.2 Å². The second-order valence-corrected chi connectivity index (χ2v) is 9.55. The Hall–Kier alpha value is -1.88. The topological polar surface area (TPSA) is 61.0 Å². The second kappa shape index (κ2) is 6.93. The number of hydrogen-bond acceptors (Lipinski definition) is 3. The molecule has 27 heavy (non-hydrogen) atoms. The van der Waals surface area contributed by atoms with E-state index in [1.165, 1.54) is 31.2 Å². The third kappa shape index (κ3) is 4.03. The molecule has 2 bridgehead atoms. The van der Waals surface area contributed by atoms with Gasteiger partial charge >= 0.3 is 0 Å². The van der Waals surface area contributed by atoms with E-state index in [0.717, 1.165) is 23.3 Å². The number of carbonyl (C=O) groups is 1. The highest BCUT2D eigenvalue weighted by Crippen LogP contribution is 2.39. The number of imidazole rings is 1. The van der Waals surface area contributed by atoms with E-state index in [1.807, 2.05) is 20.8 Å². The first-order valence-electron chi connectivity index (χ1n) is 10.3. The number of benzene rings is 1. The maximum absolute atomic E-state index is 12.4. The fourth-order valence-electron chi connectivity index (χ4n) is 5.03. The zero-order chi connectivity index (χ0) is 19.2. The lowest BCUT2D eigenvalue weighted by Gasteiger charge is -2.38. The molecule has 2 aliphatic heterocycles. The summed E-state index contributed by atoms with van der Waals surface area (Å²) in [6.07, 6.45) is 5.82. The van der Waals surface area contributed by atoms with E-state index in [1.54, 1.807) is 0 Å². The van der Waals surface area contributed by atoms with Gasteiger partial charge in [0.15, 0.2) is 0 Å². The largest absolute Gasteiger partial charge is 0.350 e. The second-order valence-electron chi connectivity index (χ2n) is 9.55. The van der Waals surface area contributed by atoms with Crippen molar-refractivity contribution in [2.24, 2.45) is 5.92 Å². The molecule has 0 radical (unpaired) electrons. The molecule has 5 heteroatoms. The Morgan fingerprint density at radius 3 is 2.59 bits per heavy atom. The van der Waals surface area contributed by atoms with Gasteiger partial charge in [0.25, 0.3) is 0 Å². The maximum Gasteiger partial charge on any atom is 0.234 e. The smallest absolute Gasteiger partial charge is 0.234 e. The molecule has 0 unspecified atom stereocenters. The first kappa shape index (κ1) is 18.5. The molecule has 2 N–H and O–H groups in total. The number of carbonyl (C=O) groups excluding carboxylic acids is 1. The molecule has 0 spiro atoms. The van der Waals surface area contributed by atoms with E-state index < -0.39 is 0 Å². The van der Waals surface area contributed by atoms with Crippen LogP contribution in [0, 0.1) is 12.8 Å². The molecule has 1 aromatic heterocycles. The number of piperidine rings is 1. The van der Waals surface area contributed by atoms with Gasteiger partial charge in [0.05, 0.1) is 17.6 Å². The molecule has 3 heterocycles. The van der Waals surface area contributed by atoms with Gasteiger partial charge in [0.2, 0.25) is 5.91 Å². The fourth-order valence-corrected chi connectivity index (χ4v) is 5.03. The van der Waals surface area contributed by atoms with Gasteiger partial charge < -0.3 is 10.3 Å². The van der Waals surface area contributed by atoms with Crippen molar-refractivity contribution in [2.75, 3.05) is 6.54 Å². The van der Waals surface area contributed by atoms with Gasteiger partial charge in [-0.15, -0.1) is 0 Å². The Bertz CT molecular complexity index is 820. The third-order valence-electron chi connectivity index (χ3n) is 6.07. The van der Waals surface area contributed by atoms with Crippen molar-refractivity contribution >= 4 is 16.9 Å². The van der Waals surface area contributed by atoms with Gasteiger partial charge in [-0.2, -0.15) is 0 Å². The average Bonchev–Trinajstić information content (AvgIpc) is 3.05. The Labute approximate surface area is 161 Å². The van der Waals surface area contributed by atoms with E-state index in [2.05, 4.69) is 40.3 Å². The monoisotopic (exact) mass is 368 g/mol. The molecular weight excluding hydrogens is 336 g/mol. The van der Waals surface area contributed by atoms with Crippen LogP contribution in [0.3, 0.4) is 0 Å². The van der Waals surface area contributed by atoms with E-state index in [0.29, 0.717) is 24.5 Å². The third-order valence-corrected chi connectivity index (χ3v) is 6.07. The molecular formula is C22H32N4O. The van der Waals surface area contributed by atoms with Gasteiger partial charge in [0, 0.05) is 24.0 Å². The number of nitrogens with zero attached hydrogens (tertiary/aromatic N) is 2. The minimum absolute atomic E-state index is 0.158. The lowest BCUT2D eigenvalue weighted by Crippen LogP contribution is -2.51. The number of rotatable bonds is 4. The summed E-state index contributed by atoms with van der Waals surface area (Å²) in [5.41, 5.74) is 3.32. The van der Waals surface area contributed by atoms with Gasteiger partial charge in [-0.3, -0.25) is 9.69 Å². The van der Waals surface area contributed by atoms with Crippen molar-refractivity contribution in [3.63, 3.8) is 0 Å². The molecule has 1 aromatic carbocycles. The molecule has 0 saturated carbocycles. The summed E-state index contributed by atoms with van der Waals surface area (Å²) in [5.74, 6) is 1.93. The predicted octanol–water partition coefficient (Wildman–Crippen LogP) is 3.57. The van der Waals surface area contributed by atoms with Crippen molar-refractivity contribution in [3.8, 4) is 0 Å². The quantitative estimate of drug-likeness (QED) is 0.867. The molecule has 0 aliphatic carbocycles. The molecule has 2 fully saturated rings. The van der Waals surface area contributed by atoms with Crippen LogP contribution >= 0.6 is 0 Å². The van der Waals surface area contributed by atoms with E-state index in [4.69, 9.17) is 4.98 Å². The Morgan fingerprint density at radius 2 is 1.96 bits per heavy atom. The molecule has 4 rings (SSSR count). The van der Waals surface area contributed by atoms with Crippen molar-refractivity contribution in [3.05, 3.63) is 29.6 Å². The number of nitrogens with one attached hydrogen (secondary N) is 2. The zero-order valence-electron chi connectivity index (χ0n) is 17.0. The Kier molecular flexibility index (Phi) is 4.75. The van der Waals surface area contributed by atoms with Crippen molar-refractivity contribution in [1.29, 1.82) is 0 Å².